The van der Waals surface area contributed by atoms with E-state index in [1.165, 1.54) is 6.42 Å². The van der Waals surface area contributed by atoms with E-state index in [0.29, 0.717) is 13.2 Å². The van der Waals surface area contributed by atoms with Crippen molar-refractivity contribution in [1.29, 1.82) is 0 Å². The Kier molecular flexibility index (Phi) is 6.40. The number of amides is 1. The molecule has 0 aromatic heterocycles. The molecule has 17 heavy (non-hydrogen) atoms. The molecule has 1 rings (SSSR count). The van der Waals surface area contributed by atoms with Crippen LogP contribution >= 0.6 is 11.8 Å². The molecule has 0 aromatic carbocycles. The fourth-order valence-corrected chi connectivity index (χ4v) is 3.09. The normalized spacial score (nSPS) is 19.8. The van der Waals surface area contributed by atoms with Gasteiger partial charge >= 0.3 is 5.97 Å². The maximum atomic E-state index is 12.0. The van der Waals surface area contributed by atoms with Crippen LogP contribution in [0.25, 0.3) is 0 Å². The van der Waals surface area contributed by atoms with E-state index in [1.54, 1.807) is 30.6 Å². The standard InChI is InChI=1S/C12H21NO3S/c1-3-16-11(14)7-8-13(2)12(15)10-6-4-5-9-17-10/h10H,3-9H2,1-2H3. The van der Waals surface area contributed by atoms with E-state index < -0.39 is 0 Å². The molecule has 0 aliphatic carbocycles. The van der Waals surface area contributed by atoms with Crippen LogP contribution in [0.15, 0.2) is 0 Å². The quantitative estimate of drug-likeness (QED) is 0.705. The highest BCUT2D eigenvalue weighted by molar-refractivity contribution is 8.00. The Bertz CT molecular complexity index is 264. The minimum atomic E-state index is -0.233. The van der Waals surface area contributed by atoms with Gasteiger partial charge in [0.2, 0.25) is 5.91 Å². The summed E-state index contributed by atoms with van der Waals surface area (Å²) in [5, 5.41) is 0.0935. The molecule has 0 aromatic rings. The molecule has 4 nitrogen and oxygen atoms in total. The monoisotopic (exact) mass is 259 g/mol. The summed E-state index contributed by atoms with van der Waals surface area (Å²) in [4.78, 5) is 24.9. The molecule has 1 aliphatic heterocycles. The number of carbonyl (C=O) groups is 2. The molecule has 0 N–H and O–H groups in total. The highest BCUT2D eigenvalue weighted by atomic mass is 32.2. The summed E-state index contributed by atoms with van der Waals surface area (Å²) in [5.41, 5.74) is 0. The Hall–Kier alpha value is -0.710. The van der Waals surface area contributed by atoms with Gasteiger partial charge < -0.3 is 9.64 Å². The van der Waals surface area contributed by atoms with Crippen LogP contribution in [-0.4, -0.2) is 48.0 Å². The van der Waals surface area contributed by atoms with Crippen LogP contribution in [0.3, 0.4) is 0 Å². The molecule has 0 radical (unpaired) electrons. The first-order valence-electron chi connectivity index (χ1n) is 6.17. The smallest absolute Gasteiger partial charge is 0.307 e. The van der Waals surface area contributed by atoms with Gasteiger partial charge in [0.1, 0.15) is 0 Å². The lowest BCUT2D eigenvalue weighted by molar-refractivity contribution is -0.143. The Balaban J connectivity index is 2.28. The second-order valence-electron chi connectivity index (χ2n) is 4.17. The topological polar surface area (TPSA) is 46.6 Å². The van der Waals surface area contributed by atoms with Crippen molar-refractivity contribution in [2.75, 3.05) is 26.0 Å². The number of hydrogen-bond donors (Lipinski definition) is 0. The molecule has 1 fully saturated rings. The maximum absolute atomic E-state index is 12.0. The van der Waals surface area contributed by atoms with Crippen molar-refractivity contribution in [3.8, 4) is 0 Å². The van der Waals surface area contributed by atoms with Gasteiger partial charge in [-0.2, -0.15) is 0 Å². The van der Waals surface area contributed by atoms with Crippen LogP contribution in [0.1, 0.15) is 32.6 Å². The first-order valence-corrected chi connectivity index (χ1v) is 7.22. The Morgan fingerprint density at radius 3 is 2.76 bits per heavy atom. The summed E-state index contributed by atoms with van der Waals surface area (Å²) in [6.45, 7) is 2.63. The summed E-state index contributed by atoms with van der Waals surface area (Å²) in [6.07, 6.45) is 3.59. The van der Waals surface area contributed by atoms with Crippen LogP contribution in [0, 0.1) is 0 Å². The second-order valence-corrected chi connectivity index (χ2v) is 5.48. The number of rotatable bonds is 5. The highest BCUT2D eigenvalue weighted by Crippen LogP contribution is 2.26. The third-order valence-electron chi connectivity index (χ3n) is 2.79. The van der Waals surface area contributed by atoms with Crippen molar-refractivity contribution in [3.63, 3.8) is 0 Å². The van der Waals surface area contributed by atoms with Crippen LogP contribution in [0.4, 0.5) is 0 Å². The van der Waals surface area contributed by atoms with E-state index in [0.717, 1.165) is 18.6 Å². The number of hydrogen-bond acceptors (Lipinski definition) is 4. The zero-order valence-electron chi connectivity index (χ0n) is 10.6. The van der Waals surface area contributed by atoms with E-state index in [4.69, 9.17) is 4.74 Å². The van der Waals surface area contributed by atoms with E-state index in [2.05, 4.69) is 0 Å². The van der Waals surface area contributed by atoms with Crippen molar-refractivity contribution in [2.45, 2.75) is 37.9 Å². The minimum absolute atomic E-state index is 0.0935. The number of ether oxygens (including phenoxy) is 1. The van der Waals surface area contributed by atoms with Crippen molar-refractivity contribution in [3.05, 3.63) is 0 Å². The molecule has 1 unspecified atom stereocenters. The first kappa shape index (κ1) is 14.4. The van der Waals surface area contributed by atoms with Crippen molar-refractivity contribution < 1.29 is 14.3 Å². The van der Waals surface area contributed by atoms with Gasteiger partial charge in [0.15, 0.2) is 0 Å². The van der Waals surface area contributed by atoms with E-state index in [1.807, 2.05) is 0 Å². The third kappa shape index (κ3) is 4.98. The van der Waals surface area contributed by atoms with E-state index in [9.17, 15) is 9.59 Å². The molecule has 1 atom stereocenters. The lowest BCUT2D eigenvalue weighted by Crippen LogP contribution is -2.37. The molecule has 5 heteroatoms. The largest absolute Gasteiger partial charge is 0.466 e. The van der Waals surface area contributed by atoms with Crippen molar-refractivity contribution in [1.82, 2.24) is 4.90 Å². The molecule has 0 saturated carbocycles. The summed E-state index contributed by atoms with van der Waals surface area (Å²) >= 11 is 1.74. The molecule has 0 bridgehead atoms. The fraction of sp³-hybridized carbons (Fsp3) is 0.833. The van der Waals surface area contributed by atoms with Gasteiger partial charge in [0.05, 0.1) is 18.3 Å². The Morgan fingerprint density at radius 2 is 2.18 bits per heavy atom. The van der Waals surface area contributed by atoms with Crippen LogP contribution in [0.5, 0.6) is 0 Å². The lowest BCUT2D eigenvalue weighted by Gasteiger charge is -2.25. The van der Waals surface area contributed by atoms with E-state index in [-0.39, 0.29) is 23.5 Å². The van der Waals surface area contributed by atoms with Gasteiger partial charge in [-0.1, -0.05) is 6.42 Å². The maximum Gasteiger partial charge on any atom is 0.307 e. The first-order chi connectivity index (χ1) is 8.15. The molecule has 1 amide bonds. The molecule has 1 aliphatic rings. The third-order valence-corrected chi connectivity index (χ3v) is 4.15. The average Bonchev–Trinajstić information content (AvgIpc) is 2.36. The molecular formula is C12H21NO3S. The summed E-state index contributed by atoms with van der Waals surface area (Å²) < 4.78 is 4.84. The molecule has 98 valence electrons. The molecule has 1 heterocycles. The summed E-state index contributed by atoms with van der Waals surface area (Å²) in [5.74, 6) is 0.990. The number of nitrogens with zero attached hydrogens (tertiary/aromatic N) is 1. The summed E-state index contributed by atoms with van der Waals surface area (Å²) in [6, 6.07) is 0. The van der Waals surface area contributed by atoms with Crippen LogP contribution < -0.4 is 0 Å². The molecule has 0 spiro atoms. The highest BCUT2D eigenvalue weighted by Gasteiger charge is 2.24. The van der Waals surface area contributed by atoms with Gasteiger partial charge in [0, 0.05) is 13.6 Å². The van der Waals surface area contributed by atoms with Gasteiger partial charge in [-0.3, -0.25) is 9.59 Å². The van der Waals surface area contributed by atoms with E-state index >= 15 is 0 Å². The van der Waals surface area contributed by atoms with Gasteiger partial charge in [0.25, 0.3) is 0 Å². The van der Waals surface area contributed by atoms with Gasteiger partial charge in [-0.15, -0.1) is 11.8 Å². The SMILES string of the molecule is CCOC(=O)CCN(C)C(=O)C1CCCCS1. The predicted octanol–water partition coefficient (Wildman–Crippen LogP) is 1.68. The fourth-order valence-electron chi connectivity index (χ4n) is 1.78. The molecular weight excluding hydrogens is 238 g/mol. The Morgan fingerprint density at radius 1 is 1.41 bits per heavy atom. The lowest BCUT2D eigenvalue weighted by atomic mass is 10.1. The average molecular weight is 259 g/mol. The van der Waals surface area contributed by atoms with Crippen molar-refractivity contribution in [2.24, 2.45) is 0 Å². The Labute approximate surface area is 107 Å². The van der Waals surface area contributed by atoms with Crippen LogP contribution in [-0.2, 0) is 14.3 Å². The number of thioether (sulfide) groups is 1. The predicted molar refractivity (Wildman–Crippen MR) is 69.0 cm³/mol. The zero-order valence-corrected chi connectivity index (χ0v) is 11.4. The summed E-state index contributed by atoms with van der Waals surface area (Å²) in [7, 11) is 1.76. The second kappa shape index (κ2) is 7.58. The van der Waals surface area contributed by atoms with Crippen LogP contribution in [0.2, 0.25) is 0 Å². The minimum Gasteiger partial charge on any atom is -0.466 e. The number of carbonyl (C=O) groups excluding carboxylic acids is 2. The van der Waals surface area contributed by atoms with Crippen molar-refractivity contribution >= 4 is 23.6 Å². The van der Waals surface area contributed by atoms with Gasteiger partial charge in [-0.25, -0.2) is 0 Å². The number of esters is 1. The molecule has 1 saturated heterocycles. The zero-order chi connectivity index (χ0) is 12.7. The van der Waals surface area contributed by atoms with Gasteiger partial charge in [-0.05, 0) is 25.5 Å².